The van der Waals surface area contributed by atoms with Crippen LogP contribution < -0.4 is 0 Å². The quantitative estimate of drug-likeness (QED) is 0.305. The lowest BCUT2D eigenvalue weighted by molar-refractivity contribution is 0.440. The molecule has 1 aromatic carbocycles. The fourth-order valence-corrected chi connectivity index (χ4v) is 3.47. The number of aromatic amines is 1. The summed E-state index contributed by atoms with van der Waals surface area (Å²) in [5.74, 6) is 0.384. The number of phenolic OH excluding ortho intramolecular Hbond substituents is 2. The predicted octanol–water partition coefficient (Wildman–Crippen LogP) is 7.06. The number of H-pyrrole nitrogens is 1. The summed E-state index contributed by atoms with van der Waals surface area (Å²) in [7, 11) is 0. The first kappa shape index (κ1) is 21.9. The highest BCUT2D eigenvalue weighted by Gasteiger charge is 2.18. The topological polar surface area (TPSA) is 56.2 Å². The molecule has 3 N–H and O–H groups in total. The van der Waals surface area contributed by atoms with Gasteiger partial charge in [0.2, 0.25) is 0 Å². The van der Waals surface area contributed by atoms with E-state index in [1.165, 1.54) is 11.1 Å². The van der Waals surface area contributed by atoms with Crippen LogP contribution in [0.15, 0.2) is 47.7 Å². The van der Waals surface area contributed by atoms with E-state index >= 15 is 0 Å². The average Bonchev–Trinajstić information content (AvgIpc) is 3.15. The van der Waals surface area contributed by atoms with Crippen molar-refractivity contribution in [1.82, 2.24) is 4.98 Å². The number of hydrogen-bond donors (Lipinski definition) is 3. The highest BCUT2D eigenvalue weighted by atomic mass is 16.3. The molecule has 0 fully saturated rings. The van der Waals surface area contributed by atoms with Gasteiger partial charge in [0.15, 0.2) is 0 Å². The Hall–Kier alpha value is -2.42. The molecule has 0 atom stereocenters. The van der Waals surface area contributed by atoms with Crippen LogP contribution in [-0.4, -0.2) is 15.2 Å². The van der Waals surface area contributed by atoms with Gasteiger partial charge < -0.3 is 15.2 Å². The molecule has 3 nitrogen and oxygen atoms in total. The normalized spacial score (nSPS) is 11.6. The Kier molecular flexibility index (Phi) is 8.43. The number of aromatic hydroxyl groups is 2. The average molecular weight is 382 g/mol. The van der Waals surface area contributed by atoms with E-state index in [9.17, 15) is 10.2 Å². The molecule has 28 heavy (non-hydrogen) atoms. The Labute approximate surface area is 169 Å². The minimum atomic E-state index is 0.188. The highest BCUT2D eigenvalue weighted by molar-refractivity contribution is 5.75. The summed E-state index contributed by atoms with van der Waals surface area (Å²) in [4.78, 5) is 3.21. The molecular formula is C25H35NO2. The minimum absolute atomic E-state index is 0.188. The third-order valence-corrected chi connectivity index (χ3v) is 5.13. The SMILES string of the molecule is CCCCCc1cc(O)c(C/C=C(\C)CCC=C(C)C)c(O)c1-c1ccc[nH]1. The molecule has 0 bridgehead atoms. The van der Waals surface area contributed by atoms with Gasteiger partial charge in [-0.05, 0) is 76.6 Å². The molecule has 2 rings (SSSR count). The smallest absolute Gasteiger partial charge is 0.132 e. The second-order valence-corrected chi connectivity index (χ2v) is 7.87. The molecular weight excluding hydrogens is 346 g/mol. The van der Waals surface area contributed by atoms with E-state index < -0.39 is 0 Å². The number of unbranched alkanes of at least 4 members (excludes halogenated alkanes) is 2. The number of benzene rings is 1. The largest absolute Gasteiger partial charge is 0.508 e. The van der Waals surface area contributed by atoms with Crippen molar-refractivity contribution >= 4 is 0 Å². The molecule has 2 aromatic rings. The first-order valence-electron chi connectivity index (χ1n) is 10.4. The monoisotopic (exact) mass is 381 g/mol. The molecule has 0 spiro atoms. The Morgan fingerprint density at radius 3 is 2.54 bits per heavy atom. The van der Waals surface area contributed by atoms with Crippen molar-refractivity contribution in [2.75, 3.05) is 0 Å². The van der Waals surface area contributed by atoms with Crippen LogP contribution in [0.3, 0.4) is 0 Å². The second-order valence-electron chi connectivity index (χ2n) is 7.87. The van der Waals surface area contributed by atoms with Gasteiger partial charge in [0.1, 0.15) is 11.5 Å². The third-order valence-electron chi connectivity index (χ3n) is 5.13. The maximum absolute atomic E-state index is 11.0. The highest BCUT2D eigenvalue weighted by Crippen LogP contribution is 2.41. The van der Waals surface area contributed by atoms with Crippen molar-refractivity contribution in [3.05, 3.63) is 58.8 Å². The summed E-state index contributed by atoms with van der Waals surface area (Å²) < 4.78 is 0. The lowest BCUT2D eigenvalue weighted by Crippen LogP contribution is -1.97. The standard InChI is InChI=1S/C25H35NO2/c1-5-6-7-12-20-17-23(27)21(15-14-19(4)11-8-10-18(2)3)25(28)24(20)22-13-9-16-26-22/h9-10,13-14,16-17,26-28H,5-8,11-12,15H2,1-4H3/b19-14+. The van der Waals surface area contributed by atoms with Crippen LogP contribution in [0.25, 0.3) is 11.3 Å². The molecule has 0 saturated heterocycles. The van der Waals surface area contributed by atoms with Crippen LogP contribution in [0, 0.1) is 0 Å². The van der Waals surface area contributed by atoms with E-state index in [4.69, 9.17) is 0 Å². The van der Waals surface area contributed by atoms with E-state index in [2.05, 4.69) is 44.8 Å². The number of rotatable bonds is 10. The molecule has 0 amide bonds. The summed E-state index contributed by atoms with van der Waals surface area (Å²) in [6, 6.07) is 5.75. The number of aryl methyl sites for hydroxylation is 1. The van der Waals surface area contributed by atoms with E-state index in [0.717, 1.165) is 55.3 Å². The van der Waals surface area contributed by atoms with Gasteiger partial charge >= 0.3 is 0 Å². The zero-order chi connectivity index (χ0) is 20.5. The Morgan fingerprint density at radius 2 is 1.89 bits per heavy atom. The maximum atomic E-state index is 11.0. The first-order valence-corrected chi connectivity index (χ1v) is 10.4. The van der Waals surface area contributed by atoms with E-state index in [1.54, 1.807) is 0 Å². The fraction of sp³-hybridized carbons (Fsp3) is 0.440. The molecule has 0 aliphatic carbocycles. The molecule has 0 saturated carbocycles. The van der Waals surface area contributed by atoms with Crippen molar-refractivity contribution in [2.24, 2.45) is 0 Å². The maximum Gasteiger partial charge on any atom is 0.132 e. The van der Waals surface area contributed by atoms with Crippen LogP contribution in [0.4, 0.5) is 0 Å². The molecule has 3 heteroatoms. The minimum Gasteiger partial charge on any atom is -0.508 e. The molecule has 152 valence electrons. The summed E-state index contributed by atoms with van der Waals surface area (Å²) in [5.41, 5.74) is 5.92. The van der Waals surface area contributed by atoms with Crippen molar-refractivity contribution in [3.8, 4) is 22.8 Å². The molecule has 0 unspecified atom stereocenters. The number of aromatic nitrogens is 1. The molecule has 0 aliphatic rings. The summed E-state index contributed by atoms with van der Waals surface area (Å²) in [6.07, 6.45) is 12.9. The van der Waals surface area contributed by atoms with E-state index in [1.807, 2.05) is 24.4 Å². The molecule has 0 aliphatic heterocycles. The number of allylic oxidation sites excluding steroid dienone is 4. The van der Waals surface area contributed by atoms with E-state index in [0.29, 0.717) is 12.0 Å². The number of hydrogen-bond acceptors (Lipinski definition) is 2. The zero-order valence-corrected chi connectivity index (χ0v) is 17.8. The lowest BCUT2D eigenvalue weighted by atomic mass is 9.93. The van der Waals surface area contributed by atoms with Crippen molar-refractivity contribution in [2.45, 2.75) is 72.6 Å². The van der Waals surface area contributed by atoms with Crippen molar-refractivity contribution < 1.29 is 10.2 Å². The Morgan fingerprint density at radius 1 is 1.11 bits per heavy atom. The molecule has 1 aromatic heterocycles. The number of nitrogens with one attached hydrogen (secondary N) is 1. The van der Waals surface area contributed by atoms with Crippen LogP contribution in [0.5, 0.6) is 11.5 Å². The van der Waals surface area contributed by atoms with Crippen LogP contribution >= 0.6 is 0 Å². The zero-order valence-electron chi connectivity index (χ0n) is 17.8. The van der Waals surface area contributed by atoms with Gasteiger partial charge in [-0.25, -0.2) is 0 Å². The third kappa shape index (κ3) is 6.05. The predicted molar refractivity (Wildman–Crippen MR) is 119 cm³/mol. The van der Waals surface area contributed by atoms with Crippen LogP contribution in [-0.2, 0) is 12.8 Å². The van der Waals surface area contributed by atoms with Gasteiger partial charge in [-0.1, -0.05) is 43.1 Å². The summed E-state index contributed by atoms with van der Waals surface area (Å²) >= 11 is 0. The first-order chi connectivity index (χ1) is 13.4. The second kappa shape index (κ2) is 10.8. The van der Waals surface area contributed by atoms with Gasteiger partial charge in [0, 0.05) is 23.0 Å². The Balaban J connectivity index is 2.30. The van der Waals surface area contributed by atoms with Crippen molar-refractivity contribution in [3.63, 3.8) is 0 Å². The van der Waals surface area contributed by atoms with Crippen LogP contribution in [0.1, 0.15) is 70.9 Å². The summed E-state index contributed by atoms with van der Waals surface area (Å²) in [6.45, 7) is 8.51. The van der Waals surface area contributed by atoms with E-state index in [-0.39, 0.29) is 11.5 Å². The van der Waals surface area contributed by atoms with Gasteiger partial charge in [-0.2, -0.15) is 0 Å². The van der Waals surface area contributed by atoms with Gasteiger partial charge in [-0.3, -0.25) is 0 Å². The van der Waals surface area contributed by atoms with Crippen LogP contribution in [0.2, 0.25) is 0 Å². The number of phenols is 2. The lowest BCUT2D eigenvalue weighted by Gasteiger charge is -2.16. The van der Waals surface area contributed by atoms with Gasteiger partial charge in [-0.15, -0.1) is 0 Å². The molecule has 0 radical (unpaired) electrons. The summed E-state index contributed by atoms with van der Waals surface area (Å²) in [5, 5.41) is 21.6. The fourth-order valence-electron chi connectivity index (χ4n) is 3.47. The van der Waals surface area contributed by atoms with Gasteiger partial charge in [0.25, 0.3) is 0 Å². The Bertz CT molecular complexity index is 810. The molecule has 1 heterocycles. The van der Waals surface area contributed by atoms with Crippen molar-refractivity contribution in [1.29, 1.82) is 0 Å². The van der Waals surface area contributed by atoms with Gasteiger partial charge in [0.05, 0.1) is 0 Å².